The third-order valence-electron chi connectivity index (χ3n) is 9.83. The standard InChI is InChI=1S/C53H89N2O7P/c1-6-8-10-12-14-16-18-20-21-22-23-24-25-26-27-28-29-30-31-32-33-34-36-38-40-42-44-46-52(57)54-50(49-62-63(59,60)61-48-47-55(3,4)5)53(58)51(56)45-43-41-39-37-35-19-17-15-13-11-9-7-2/h7-10,14-17,20-21,23-24,26-27,29-30,32-33,37,39,50-51,53,56,58H,6,11-13,18-19,22,25,28,31,34-36,38,40-49H2,1-5H3,(H-,54,57,59,60)/b9-7+,10-8-,16-14-,17-15+,21-20-,24-23-,27-26-,30-29-,33-32-,39-37+. The first kappa shape index (κ1) is 59.9. The van der Waals surface area contributed by atoms with Crippen LogP contribution < -0.4 is 10.2 Å². The number of nitrogens with zero attached hydrogens (tertiary/aromatic N) is 1. The maximum Gasteiger partial charge on any atom is 0.268 e. The van der Waals surface area contributed by atoms with Gasteiger partial charge in [-0.25, -0.2) is 0 Å². The Hall–Kier alpha value is -3.14. The lowest BCUT2D eigenvalue weighted by molar-refractivity contribution is -0.870. The number of aliphatic hydroxyl groups is 2. The van der Waals surface area contributed by atoms with Gasteiger partial charge >= 0.3 is 0 Å². The second-order valence-corrected chi connectivity index (χ2v) is 18.3. The van der Waals surface area contributed by atoms with Gasteiger partial charge < -0.3 is 34.0 Å². The largest absolute Gasteiger partial charge is 0.756 e. The topological polar surface area (TPSA) is 128 Å². The molecule has 0 saturated carbocycles. The highest BCUT2D eigenvalue weighted by molar-refractivity contribution is 7.45. The summed E-state index contributed by atoms with van der Waals surface area (Å²) in [4.78, 5) is 25.4. The number of amides is 1. The van der Waals surface area contributed by atoms with Gasteiger partial charge in [0.15, 0.2) is 0 Å². The predicted octanol–water partition coefficient (Wildman–Crippen LogP) is 12.2. The molecule has 0 fully saturated rings. The summed E-state index contributed by atoms with van der Waals surface area (Å²) < 4.78 is 23.1. The fourth-order valence-electron chi connectivity index (χ4n) is 6.04. The zero-order valence-electron chi connectivity index (χ0n) is 40.1. The molecule has 10 heteroatoms. The maximum atomic E-state index is 12.9. The Morgan fingerprint density at radius 3 is 1.54 bits per heavy atom. The van der Waals surface area contributed by atoms with Crippen LogP contribution in [0.2, 0.25) is 0 Å². The number of quaternary nitrogens is 1. The molecule has 0 heterocycles. The van der Waals surface area contributed by atoms with Gasteiger partial charge in [-0.05, 0) is 116 Å². The molecule has 0 radical (unpaired) electrons. The lowest BCUT2D eigenvalue weighted by Gasteiger charge is -2.31. The van der Waals surface area contributed by atoms with Crippen LogP contribution in [0.1, 0.15) is 149 Å². The molecular formula is C53H89N2O7P. The molecule has 0 spiro atoms. The van der Waals surface area contributed by atoms with Crippen LogP contribution in [0.25, 0.3) is 0 Å². The van der Waals surface area contributed by atoms with Gasteiger partial charge in [-0.2, -0.15) is 0 Å². The number of nitrogens with one attached hydrogen (secondary N) is 1. The molecule has 63 heavy (non-hydrogen) atoms. The van der Waals surface area contributed by atoms with Crippen molar-refractivity contribution in [2.24, 2.45) is 0 Å². The van der Waals surface area contributed by atoms with Crippen molar-refractivity contribution < 1.29 is 38.0 Å². The van der Waals surface area contributed by atoms with E-state index in [2.05, 4.69) is 134 Å². The van der Waals surface area contributed by atoms with Gasteiger partial charge in [-0.1, -0.05) is 148 Å². The van der Waals surface area contributed by atoms with Crippen molar-refractivity contribution in [3.63, 3.8) is 0 Å². The normalized spacial score (nSPS) is 15.7. The Bertz CT molecular complexity index is 1450. The quantitative estimate of drug-likeness (QED) is 0.0241. The summed E-state index contributed by atoms with van der Waals surface area (Å²) in [5.41, 5.74) is 0. The van der Waals surface area contributed by atoms with Crippen LogP contribution in [0.3, 0.4) is 0 Å². The molecule has 0 aromatic carbocycles. The number of unbranched alkanes of at least 4 members (excludes halogenated alkanes) is 8. The molecule has 0 aromatic heterocycles. The number of phosphoric acid groups is 1. The predicted molar refractivity (Wildman–Crippen MR) is 266 cm³/mol. The molecule has 0 aliphatic carbocycles. The Kier molecular flexibility index (Phi) is 40.7. The SMILES string of the molecule is C/C=C/CC/C=C/CC/C=C/CCCC(O)C(O)C(COP(=O)([O-])OCC[N+](C)(C)C)NC(=O)CCCCCCC/C=C\C/C=C\C/C=C\C/C=C\C/C=C\C/C=C\C/C=C\CC. The van der Waals surface area contributed by atoms with Crippen LogP contribution in [-0.4, -0.2) is 79.8 Å². The molecule has 0 aliphatic heterocycles. The summed E-state index contributed by atoms with van der Waals surface area (Å²) in [7, 11) is 1.05. The minimum atomic E-state index is -4.70. The molecule has 0 aliphatic rings. The first-order valence-electron chi connectivity index (χ1n) is 23.9. The Morgan fingerprint density at radius 2 is 1.03 bits per heavy atom. The molecule has 0 aromatic rings. The van der Waals surface area contributed by atoms with E-state index >= 15 is 0 Å². The molecule has 0 rings (SSSR count). The molecule has 9 nitrogen and oxygen atoms in total. The second kappa shape index (κ2) is 42.8. The Morgan fingerprint density at radius 1 is 0.603 bits per heavy atom. The van der Waals surface area contributed by atoms with Gasteiger partial charge in [0.2, 0.25) is 5.91 Å². The number of phosphoric ester groups is 1. The first-order valence-corrected chi connectivity index (χ1v) is 25.4. The summed E-state index contributed by atoms with van der Waals surface area (Å²) >= 11 is 0. The van der Waals surface area contributed by atoms with E-state index in [1.807, 2.05) is 28.1 Å². The Labute approximate surface area is 385 Å². The van der Waals surface area contributed by atoms with E-state index in [0.29, 0.717) is 23.9 Å². The molecule has 1 amide bonds. The number of hydrogen-bond donors (Lipinski definition) is 3. The minimum absolute atomic E-state index is 0.0620. The number of aliphatic hydroxyl groups excluding tert-OH is 2. The molecule has 4 atom stereocenters. The van der Waals surface area contributed by atoms with Gasteiger partial charge in [-0.3, -0.25) is 9.36 Å². The number of rotatable bonds is 41. The molecule has 0 bridgehead atoms. The van der Waals surface area contributed by atoms with Crippen LogP contribution in [0.5, 0.6) is 0 Å². The summed E-state index contributed by atoms with van der Waals surface area (Å²) in [6, 6.07) is -1.12. The smallest absolute Gasteiger partial charge is 0.268 e. The van der Waals surface area contributed by atoms with E-state index in [-0.39, 0.29) is 25.4 Å². The van der Waals surface area contributed by atoms with E-state index in [4.69, 9.17) is 9.05 Å². The van der Waals surface area contributed by atoms with E-state index in [0.717, 1.165) is 109 Å². The Balaban J connectivity index is 4.47. The van der Waals surface area contributed by atoms with Crippen LogP contribution in [-0.2, 0) is 18.4 Å². The molecule has 3 N–H and O–H groups in total. The first-order chi connectivity index (χ1) is 30.4. The van der Waals surface area contributed by atoms with E-state index < -0.39 is 32.7 Å². The third-order valence-corrected chi connectivity index (χ3v) is 10.8. The minimum Gasteiger partial charge on any atom is -0.756 e. The number of likely N-dealkylation sites (N-methyl/N-ethyl adjacent to an activating group) is 1. The van der Waals surface area contributed by atoms with Crippen molar-refractivity contribution in [3.8, 4) is 0 Å². The summed E-state index contributed by atoms with van der Waals surface area (Å²) in [6.45, 7) is 4.02. The lowest BCUT2D eigenvalue weighted by atomic mass is 10.0. The van der Waals surface area contributed by atoms with Crippen LogP contribution in [0.15, 0.2) is 122 Å². The number of allylic oxidation sites excluding steroid dienone is 20. The van der Waals surface area contributed by atoms with E-state index in [1.54, 1.807) is 0 Å². The summed E-state index contributed by atoms with van der Waals surface area (Å²) in [5.74, 6) is -0.322. The molecular weight excluding hydrogens is 808 g/mol. The van der Waals surface area contributed by atoms with Crippen molar-refractivity contribution in [1.82, 2.24) is 5.32 Å². The maximum absolute atomic E-state index is 12.9. The molecule has 0 saturated heterocycles. The van der Waals surface area contributed by atoms with Crippen molar-refractivity contribution in [2.45, 2.75) is 167 Å². The summed E-state index contributed by atoms with van der Waals surface area (Å²) in [6.07, 6.45) is 59.7. The van der Waals surface area contributed by atoms with Crippen molar-refractivity contribution in [2.75, 3.05) is 40.9 Å². The summed E-state index contributed by atoms with van der Waals surface area (Å²) in [5, 5.41) is 24.6. The fraction of sp³-hybridized carbons (Fsp3) is 0.604. The van der Waals surface area contributed by atoms with Crippen molar-refractivity contribution in [3.05, 3.63) is 122 Å². The van der Waals surface area contributed by atoms with Crippen LogP contribution in [0, 0.1) is 0 Å². The third kappa shape index (κ3) is 43.9. The van der Waals surface area contributed by atoms with Gasteiger partial charge in [0, 0.05) is 6.42 Å². The van der Waals surface area contributed by atoms with Crippen molar-refractivity contribution >= 4 is 13.7 Å². The zero-order chi connectivity index (χ0) is 46.5. The lowest BCUT2D eigenvalue weighted by Crippen LogP contribution is -2.51. The second-order valence-electron chi connectivity index (χ2n) is 16.8. The number of carbonyl (C=O) groups excluding carboxylic acids is 1. The van der Waals surface area contributed by atoms with Crippen molar-refractivity contribution in [1.29, 1.82) is 0 Å². The highest BCUT2D eigenvalue weighted by atomic mass is 31.2. The van der Waals surface area contributed by atoms with Crippen LogP contribution in [0.4, 0.5) is 0 Å². The van der Waals surface area contributed by atoms with Gasteiger partial charge in [0.1, 0.15) is 19.3 Å². The molecule has 4 unspecified atom stereocenters. The average Bonchev–Trinajstić information content (AvgIpc) is 3.24. The highest BCUT2D eigenvalue weighted by Crippen LogP contribution is 2.38. The van der Waals surface area contributed by atoms with Gasteiger partial charge in [0.05, 0.1) is 39.9 Å². The average molecular weight is 897 g/mol. The van der Waals surface area contributed by atoms with Gasteiger partial charge in [-0.15, -0.1) is 0 Å². The molecule has 358 valence electrons. The monoisotopic (exact) mass is 897 g/mol. The van der Waals surface area contributed by atoms with E-state index in [1.165, 1.54) is 0 Å². The van der Waals surface area contributed by atoms with Gasteiger partial charge in [0.25, 0.3) is 7.82 Å². The fourth-order valence-corrected chi connectivity index (χ4v) is 6.76. The van der Waals surface area contributed by atoms with E-state index in [9.17, 15) is 24.5 Å². The number of hydrogen-bond acceptors (Lipinski definition) is 7. The number of carbonyl (C=O) groups is 1. The van der Waals surface area contributed by atoms with Crippen LogP contribution >= 0.6 is 7.82 Å². The zero-order valence-corrected chi connectivity index (χ0v) is 41.0. The highest BCUT2D eigenvalue weighted by Gasteiger charge is 2.29.